The zero-order valence-electron chi connectivity index (χ0n) is 10.8. The Morgan fingerprint density at radius 2 is 1.65 bits per heavy atom. The van der Waals surface area contributed by atoms with Gasteiger partial charge in [-0.3, -0.25) is 4.90 Å². The van der Waals surface area contributed by atoms with E-state index >= 15 is 0 Å². The minimum absolute atomic E-state index is 0.276. The second kappa shape index (κ2) is 6.39. The molecule has 1 N–H and O–H groups in total. The van der Waals surface area contributed by atoms with Crippen molar-refractivity contribution in [3.05, 3.63) is 66.2 Å². The lowest BCUT2D eigenvalue weighted by Gasteiger charge is -2.23. The number of para-hydroxylation sites is 1. The standard InChI is InChI=1S/C16H14N2O2/c17-12-18(14-9-5-2-6-10-14)15(16(19)20)11-13-7-3-1-4-8-13/h1-10,15H,11H2,(H,19,20)/t15-/m0/s1. The Morgan fingerprint density at radius 1 is 1.10 bits per heavy atom. The smallest absolute Gasteiger partial charge is 0.327 e. The molecule has 1 atom stereocenters. The molecule has 0 saturated heterocycles. The second-order valence-corrected chi connectivity index (χ2v) is 4.35. The first kappa shape index (κ1) is 13.6. The van der Waals surface area contributed by atoms with Gasteiger partial charge in [0.15, 0.2) is 6.19 Å². The lowest BCUT2D eigenvalue weighted by molar-refractivity contribution is -0.138. The lowest BCUT2D eigenvalue weighted by Crippen LogP contribution is -2.39. The Kier molecular flexibility index (Phi) is 4.35. The quantitative estimate of drug-likeness (QED) is 0.667. The van der Waals surface area contributed by atoms with Crippen molar-refractivity contribution in [2.45, 2.75) is 12.5 Å². The van der Waals surface area contributed by atoms with Gasteiger partial charge in [-0.25, -0.2) is 4.79 Å². The number of nitriles is 1. The summed E-state index contributed by atoms with van der Waals surface area (Å²) < 4.78 is 0. The maximum Gasteiger partial charge on any atom is 0.327 e. The minimum atomic E-state index is -1.01. The molecule has 20 heavy (non-hydrogen) atoms. The van der Waals surface area contributed by atoms with E-state index in [0.717, 1.165) is 5.56 Å². The van der Waals surface area contributed by atoms with Crippen LogP contribution in [-0.4, -0.2) is 17.1 Å². The highest BCUT2D eigenvalue weighted by Gasteiger charge is 2.26. The van der Waals surface area contributed by atoms with Crippen molar-refractivity contribution >= 4 is 11.7 Å². The first-order valence-electron chi connectivity index (χ1n) is 6.23. The lowest BCUT2D eigenvalue weighted by atomic mass is 10.0. The van der Waals surface area contributed by atoms with Gasteiger partial charge in [-0.2, -0.15) is 5.26 Å². The monoisotopic (exact) mass is 266 g/mol. The van der Waals surface area contributed by atoms with E-state index in [9.17, 15) is 15.2 Å². The number of nitrogens with zero attached hydrogens (tertiary/aromatic N) is 2. The molecule has 100 valence electrons. The maximum atomic E-state index is 11.5. The molecule has 0 amide bonds. The number of aliphatic carboxylic acids is 1. The Labute approximate surface area is 117 Å². The van der Waals surface area contributed by atoms with Gasteiger partial charge in [-0.15, -0.1) is 0 Å². The summed E-state index contributed by atoms with van der Waals surface area (Å²) in [5, 5.41) is 18.7. The van der Waals surface area contributed by atoms with Crippen LogP contribution in [0, 0.1) is 11.5 Å². The third kappa shape index (κ3) is 3.15. The average Bonchev–Trinajstić information content (AvgIpc) is 2.49. The van der Waals surface area contributed by atoms with Crippen LogP contribution in [0.2, 0.25) is 0 Å². The minimum Gasteiger partial charge on any atom is -0.480 e. The zero-order valence-corrected chi connectivity index (χ0v) is 10.8. The fourth-order valence-corrected chi connectivity index (χ4v) is 2.02. The molecule has 2 aromatic rings. The molecule has 0 radical (unpaired) electrons. The molecular weight excluding hydrogens is 252 g/mol. The first-order chi connectivity index (χ1) is 9.72. The van der Waals surface area contributed by atoms with Crippen LogP contribution in [0.15, 0.2) is 60.7 Å². The number of carboxylic acids is 1. The first-order valence-corrected chi connectivity index (χ1v) is 6.23. The molecule has 0 fully saturated rings. The van der Waals surface area contributed by atoms with Crippen LogP contribution in [0.5, 0.6) is 0 Å². The van der Waals surface area contributed by atoms with Gasteiger partial charge in [0.1, 0.15) is 6.04 Å². The molecular formula is C16H14N2O2. The number of hydrogen-bond acceptors (Lipinski definition) is 3. The van der Waals surface area contributed by atoms with Crippen molar-refractivity contribution in [3.63, 3.8) is 0 Å². The van der Waals surface area contributed by atoms with Crippen LogP contribution in [0.4, 0.5) is 5.69 Å². The summed E-state index contributed by atoms with van der Waals surface area (Å²) in [5.41, 5.74) is 1.47. The Morgan fingerprint density at radius 3 is 2.15 bits per heavy atom. The van der Waals surface area contributed by atoms with Gasteiger partial charge in [-0.05, 0) is 17.7 Å². The second-order valence-electron chi connectivity index (χ2n) is 4.35. The van der Waals surface area contributed by atoms with E-state index in [1.165, 1.54) is 4.90 Å². The molecule has 4 heteroatoms. The maximum absolute atomic E-state index is 11.5. The van der Waals surface area contributed by atoms with E-state index in [-0.39, 0.29) is 6.42 Å². The van der Waals surface area contributed by atoms with Gasteiger partial charge in [0.05, 0.1) is 5.69 Å². The van der Waals surface area contributed by atoms with E-state index in [1.807, 2.05) is 42.6 Å². The van der Waals surface area contributed by atoms with Gasteiger partial charge in [0.25, 0.3) is 0 Å². The van der Waals surface area contributed by atoms with E-state index in [1.54, 1.807) is 24.3 Å². The van der Waals surface area contributed by atoms with Crippen LogP contribution in [0.3, 0.4) is 0 Å². The molecule has 0 bridgehead atoms. The predicted octanol–water partition coefficient (Wildman–Crippen LogP) is 2.67. The predicted molar refractivity (Wildman–Crippen MR) is 76.1 cm³/mol. The number of carbonyl (C=O) groups is 1. The van der Waals surface area contributed by atoms with Gasteiger partial charge >= 0.3 is 5.97 Å². The van der Waals surface area contributed by atoms with E-state index in [2.05, 4.69) is 0 Å². The molecule has 4 nitrogen and oxygen atoms in total. The number of rotatable bonds is 5. The number of carboxylic acid groups (broad SMARTS) is 1. The number of hydrogen-bond donors (Lipinski definition) is 1. The van der Waals surface area contributed by atoms with Crippen molar-refractivity contribution in [1.29, 1.82) is 5.26 Å². The van der Waals surface area contributed by atoms with Crippen molar-refractivity contribution < 1.29 is 9.90 Å². The topological polar surface area (TPSA) is 64.3 Å². The normalized spacial score (nSPS) is 11.3. The van der Waals surface area contributed by atoms with Crippen LogP contribution in [-0.2, 0) is 11.2 Å². The highest BCUT2D eigenvalue weighted by molar-refractivity contribution is 5.79. The molecule has 2 aromatic carbocycles. The number of anilines is 1. The Balaban J connectivity index is 2.28. The molecule has 0 heterocycles. The molecule has 0 saturated carbocycles. The molecule has 0 aliphatic heterocycles. The molecule has 0 aliphatic carbocycles. The molecule has 0 unspecified atom stereocenters. The summed E-state index contributed by atoms with van der Waals surface area (Å²) in [6.07, 6.45) is 2.25. The van der Waals surface area contributed by atoms with Gasteiger partial charge in [-0.1, -0.05) is 48.5 Å². The van der Waals surface area contributed by atoms with Gasteiger partial charge < -0.3 is 5.11 Å². The van der Waals surface area contributed by atoms with Crippen molar-refractivity contribution in [2.75, 3.05) is 4.90 Å². The van der Waals surface area contributed by atoms with E-state index in [4.69, 9.17) is 0 Å². The fourth-order valence-electron chi connectivity index (χ4n) is 2.02. The van der Waals surface area contributed by atoms with Crippen molar-refractivity contribution in [3.8, 4) is 6.19 Å². The Hall–Kier alpha value is -2.80. The number of benzene rings is 2. The van der Waals surface area contributed by atoms with Crippen LogP contribution in [0.25, 0.3) is 0 Å². The highest BCUT2D eigenvalue weighted by Crippen LogP contribution is 2.18. The fraction of sp³-hybridized carbons (Fsp3) is 0.125. The molecule has 0 aliphatic rings. The van der Waals surface area contributed by atoms with Crippen LogP contribution < -0.4 is 4.90 Å². The van der Waals surface area contributed by atoms with Crippen LogP contribution in [0.1, 0.15) is 5.56 Å². The summed E-state index contributed by atoms with van der Waals surface area (Å²) in [7, 11) is 0. The van der Waals surface area contributed by atoms with Gasteiger partial charge in [0, 0.05) is 6.42 Å². The summed E-state index contributed by atoms with van der Waals surface area (Å²) >= 11 is 0. The zero-order chi connectivity index (χ0) is 14.4. The van der Waals surface area contributed by atoms with Crippen molar-refractivity contribution in [1.82, 2.24) is 0 Å². The summed E-state index contributed by atoms with van der Waals surface area (Å²) in [6, 6.07) is 17.2. The third-order valence-electron chi connectivity index (χ3n) is 3.01. The summed E-state index contributed by atoms with van der Waals surface area (Å²) in [6.45, 7) is 0. The third-order valence-corrected chi connectivity index (χ3v) is 3.01. The Bertz CT molecular complexity index is 605. The van der Waals surface area contributed by atoms with E-state index < -0.39 is 12.0 Å². The summed E-state index contributed by atoms with van der Waals surface area (Å²) in [4.78, 5) is 12.7. The largest absolute Gasteiger partial charge is 0.480 e. The molecule has 0 spiro atoms. The molecule has 2 rings (SSSR count). The van der Waals surface area contributed by atoms with Gasteiger partial charge in [0.2, 0.25) is 0 Å². The average molecular weight is 266 g/mol. The van der Waals surface area contributed by atoms with Crippen molar-refractivity contribution in [2.24, 2.45) is 0 Å². The van der Waals surface area contributed by atoms with Crippen LogP contribution >= 0.6 is 0 Å². The summed E-state index contributed by atoms with van der Waals surface area (Å²) in [5.74, 6) is -1.01. The molecule has 0 aromatic heterocycles. The van der Waals surface area contributed by atoms with E-state index in [0.29, 0.717) is 5.69 Å². The SMILES string of the molecule is N#CN(c1ccccc1)[C@@H](Cc1ccccc1)C(=O)O. The highest BCUT2D eigenvalue weighted by atomic mass is 16.4.